The summed E-state index contributed by atoms with van der Waals surface area (Å²) >= 11 is 0. The van der Waals surface area contributed by atoms with E-state index < -0.39 is 9.84 Å². The van der Waals surface area contributed by atoms with Crippen LogP contribution in [-0.4, -0.2) is 31.8 Å². The predicted octanol–water partition coefficient (Wildman–Crippen LogP) is 2.40. The standard InChI is InChI=1S/C22H20FN3O3S/c1-25-10-8-16-18(30(2,28)29)11-13-12-26(15-5-3-14(23)4-6-15)17-7-9-24-21(19(13)17)20(16)22(25)27/h3-6,8,10-12,17,24H,7,9H2,1-2H3. The van der Waals surface area contributed by atoms with E-state index in [0.717, 1.165) is 29.5 Å². The second kappa shape index (κ2) is 6.43. The zero-order chi connectivity index (χ0) is 21.2. The second-order valence-electron chi connectivity index (χ2n) is 7.79. The van der Waals surface area contributed by atoms with Gasteiger partial charge in [-0.15, -0.1) is 0 Å². The number of nitrogens with one attached hydrogen (secondary N) is 1. The van der Waals surface area contributed by atoms with E-state index in [2.05, 4.69) is 5.32 Å². The number of hydrogen-bond acceptors (Lipinski definition) is 5. The van der Waals surface area contributed by atoms with Gasteiger partial charge >= 0.3 is 0 Å². The minimum Gasteiger partial charge on any atom is -0.384 e. The molecule has 1 aromatic carbocycles. The number of halogens is 1. The van der Waals surface area contributed by atoms with Crippen molar-refractivity contribution in [3.8, 4) is 0 Å². The lowest BCUT2D eigenvalue weighted by molar-refractivity contribution is 0.611. The third-order valence-corrected chi connectivity index (χ3v) is 6.98. The molecule has 0 radical (unpaired) electrons. The first kappa shape index (κ1) is 18.9. The maximum Gasteiger partial charge on any atom is 0.260 e. The Balaban J connectivity index is 1.82. The number of hydrogen-bond donors (Lipinski definition) is 1. The molecule has 154 valence electrons. The maximum absolute atomic E-state index is 13.4. The van der Waals surface area contributed by atoms with Gasteiger partial charge in [0.1, 0.15) is 5.82 Å². The van der Waals surface area contributed by atoms with Crippen LogP contribution in [0.4, 0.5) is 10.1 Å². The van der Waals surface area contributed by atoms with E-state index in [0.29, 0.717) is 23.4 Å². The zero-order valence-electron chi connectivity index (χ0n) is 16.5. The quantitative estimate of drug-likeness (QED) is 0.800. The number of aryl methyl sites for hydroxylation is 1. The molecule has 1 atom stereocenters. The van der Waals surface area contributed by atoms with Crippen LogP contribution in [0.5, 0.6) is 0 Å². The second-order valence-corrected chi connectivity index (χ2v) is 9.77. The summed E-state index contributed by atoms with van der Waals surface area (Å²) in [5.74, 6) is -0.318. The summed E-state index contributed by atoms with van der Waals surface area (Å²) < 4.78 is 40.2. The van der Waals surface area contributed by atoms with Crippen molar-refractivity contribution in [3.63, 3.8) is 0 Å². The molecule has 1 N–H and O–H groups in total. The monoisotopic (exact) mass is 425 g/mol. The number of pyridine rings is 1. The summed E-state index contributed by atoms with van der Waals surface area (Å²) in [6.45, 7) is 0.633. The third-order valence-electron chi connectivity index (χ3n) is 5.84. The van der Waals surface area contributed by atoms with Gasteiger partial charge in [-0.2, -0.15) is 0 Å². The predicted molar refractivity (Wildman–Crippen MR) is 115 cm³/mol. The Hall–Kier alpha value is -3.13. The average molecular weight is 425 g/mol. The number of aromatic nitrogens is 1. The lowest BCUT2D eigenvalue weighted by Gasteiger charge is -2.32. The molecule has 0 spiro atoms. The Morgan fingerprint density at radius 1 is 1.17 bits per heavy atom. The fourth-order valence-electron chi connectivity index (χ4n) is 4.47. The molecule has 0 fully saturated rings. The van der Waals surface area contributed by atoms with Crippen molar-refractivity contribution in [1.82, 2.24) is 9.88 Å². The Morgan fingerprint density at radius 2 is 1.90 bits per heavy atom. The molecule has 0 amide bonds. The molecule has 2 aliphatic heterocycles. The average Bonchev–Trinajstić information content (AvgIpc) is 2.99. The van der Waals surface area contributed by atoms with Crippen LogP contribution in [0.1, 0.15) is 17.5 Å². The van der Waals surface area contributed by atoms with Crippen molar-refractivity contribution >= 4 is 26.1 Å². The van der Waals surface area contributed by atoms with Crippen LogP contribution in [0.3, 0.4) is 0 Å². The van der Waals surface area contributed by atoms with Gasteiger partial charge in [-0.1, -0.05) is 0 Å². The maximum atomic E-state index is 13.4. The van der Waals surface area contributed by atoms with Crippen molar-refractivity contribution in [1.29, 1.82) is 0 Å². The molecular formula is C22H20FN3O3S. The van der Waals surface area contributed by atoms with E-state index in [1.54, 1.807) is 37.5 Å². The van der Waals surface area contributed by atoms with Crippen molar-refractivity contribution in [2.75, 3.05) is 17.7 Å². The van der Waals surface area contributed by atoms with Crippen molar-refractivity contribution in [2.45, 2.75) is 12.5 Å². The number of fused-ring (bicyclic) bond motifs is 2. The van der Waals surface area contributed by atoms with Crippen LogP contribution in [0, 0.1) is 5.82 Å². The third kappa shape index (κ3) is 2.74. The van der Waals surface area contributed by atoms with Gasteiger partial charge < -0.3 is 14.8 Å². The number of benzene rings is 1. The van der Waals surface area contributed by atoms with Gasteiger partial charge in [-0.05, 0) is 48.4 Å². The fourth-order valence-corrected chi connectivity index (χ4v) is 5.38. The van der Waals surface area contributed by atoms with E-state index in [1.165, 1.54) is 16.7 Å². The molecule has 0 bridgehead atoms. The van der Waals surface area contributed by atoms with Crippen molar-refractivity contribution in [3.05, 3.63) is 87.2 Å². The molecule has 5 rings (SSSR count). The number of sulfone groups is 1. The molecular weight excluding hydrogens is 405 g/mol. The Morgan fingerprint density at radius 3 is 2.60 bits per heavy atom. The van der Waals surface area contributed by atoms with Crippen LogP contribution in [0.2, 0.25) is 0 Å². The van der Waals surface area contributed by atoms with Gasteiger partial charge in [-0.3, -0.25) is 4.79 Å². The summed E-state index contributed by atoms with van der Waals surface area (Å²) in [5, 5.41) is 3.35. The first-order chi connectivity index (χ1) is 14.3. The molecule has 1 aliphatic carbocycles. The summed E-state index contributed by atoms with van der Waals surface area (Å²) in [4.78, 5) is 15.3. The van der Waals surface area contributed by atoms with E-state index in [9.17, 15) is 17.6 Å². The lowest BCUT2D eigenvalue weighted by atomic mass is 9.92. The van der Waals surface area contributed by atoms with Gasteiger partial charge in [0.15, 0.2) is 9.84 Å². The van der Waals surface area contributed by atoms with Crippen LogP contribution < -0.4 is 15.8 Å². The Bertz CT molecular complexity index is 1330. The molecule has 1 aromatic heterocycles. The molecule has 1 unspecified atom stereocenters. The lowest BCUT2D eigenvalue weighted by Crippen LogP contribution is -2.38. The highest BCUT2D eigenvalue weighted by molar-refractivity contribution is 8.00. The van der Waals surface area contributed by atoms with E-state index in [4.69, 9.17) is 0 Å². The number of nitrogens with zero attached hydrogens (tertiary/aromatic N) is 2. The summed E-state index contributed by atoms with van der Waals surface area (Å²) in [5.41, 5.74) is 3.67. The first-order valence-corrected chi connectivity index (χ1v) is 11.5. The molecule has 2 aromatic rings. The Labute approximate surface area is 173 Å². The first-order valence-electron chi connectivity index (χ1n) is 9.62. The van der Waals surface area contributed by atoms with Gasteiger partial charge in [0.05, 0.1) is 22.2 Å². The van der Waals surface area contributed by atoms with Crippen LogP contribution >= 0.6 is 0 Å². The highest BCUT2D eigenvalue weighted by atomic mass is 32.2. The summed E-state index contributed by atoms with van der Waals surface area (Å²) in [7, 11) is -1.95. The largest absolute Gasteiger partial charge is 0.384 e. The normalized spacial score (nSPS) is 20.1. The highest BCUT2D eigenvalue weighted by Gasteiger charge is 2.39. The minimum absolute atomic E-state index is 0.0744. The van der Waals surface area contributed by atoms with Crippen LogP contribution in [-0.2, 0) is 16.9 Å². The molecule has 0 saturated carbocycles. The van der Waals surface area contributed by atoms with Crippen molar-refractivity contribution < 1.29 is 12.8 Å². The Kier molecular flexibility index (Phi) is 4.05. The van der Waals surface area contributed by atoms with E-state index >= 15 is 0 Å². The van der Waals surface area contributed by atoms with Gasteiger partial charge in [0.25, 0.3) is 5.56 Å². The number of rotatable bonds is 2. The van der Waals surface area contributed by atoms with Gasteiger partial charge in [-0.25, -0.2) is 12.8 Å². The molecule has 3 aliphatic rings. The fraction of sp³-hybridized carbons (Fsp3) is 0.227. The van der Waals surface area contributed by atoms with E-state index in [-0.39, 0.29) is 22.3 Å². The molecule has 30 heavy (non-hydrogen) atoms. The van der Waals surface area contributed by atoms with Crippen molar-refractivity contribution in [2.24, 2.45) is 7.05 Å². The zero-order valence-corrected chi connectivity index (χ0v) is 17.3. The number of anilines is 1. The van der Waals surface area contributed by atoms with Gasteiger partial charge in [0, 0.05) is 49.1 Å². The smallest absolute Gasteiger partial charge is 0.260 e. The van der Waals surface area contributed by atoms with E-state index in [1.807, 2.05) is 11.1 Å². The highest BCUT2D eigenvalue weighted by Crippen LogP contribution is 2.44. The minimum atomic E-state index is -3.60. The molecule has 3 heterocycles. The van der Waals surface area contributed by atoms with Gasteiger partial charge in [0.2, 0.25) is 0 Å². The van der Waals surface area contributed by atoms with Crippen LogP contribution in [0.25, 0.3) is 10.6 Å². The molecule has 6 nitrogen and oxygen atoms in total. The SMILES string of the molecule is Cn1ccc2c(c1=O)C1=C3C(=CN(c4ccc(F)cc4)C3CCN1)C=C2S(C)(=O)=O. The number of allylic oxidation sites excluding steroid dienone is 1. The summed E-state index contributed by atoms with van der Waals surface area (Å²) in [6, 6.07) is 7.82. The molecule has 8 heteroatoms. The topological polar surface area (TPSA) is 71.4 Å². The summed E-state index contributed by atoms with van der Waals surface area (Å²) in [6.07, 6.45) is 7.05. The van der Waals surface area contributed by atoms with Crippen LogP contribution in [0.15, 0.2) is 64.7 Å². The molecule has 0 saturated heterocycles.